The van der Waals surface area contributed by atoms with Gasteiger partial charge in [-0.05, 0) is 12.3 Å². The zero-order valence-corrected chi connectivity index (χ0v) is 11.3. The number of piperidine rings is 1. The second-order valence-electron chi connectivity index (χ2n) is 4.74. The third-order valence-corrected chi connectivity index (χ3v) is 5.37. The number of rotatable bonds is 2. The first-order chi connectivity index (χ1) is 8.34. The molecule has 1 aliphatic rings. The summed E-state index contributed by atoms with van der Waals surface area (Å²) in [4.78, 5) is 3.78. The minimum atomic E-state index is -3.69. The van der Waals surface area contributed by atoms with Crippen LogP contribution in [0.15, 0.2) is 11.4 Å². The molecule has 0 bridgehead atoms. The van der Waals surface area contributed by atoms with Crippen molar-refractivity contribution in [1.82, 2.24) is 13.9 Å². The SMILES string of the molecule is CC1CCN(S(=O)(=O)c2c(N)ncn2C)CC1O. The molecule has 0 radical (unpaired) electrons. The Morgan fingerprint density at radius 2 is 2.22 bits per heavy atom. The Hall–Kier alpha value is -1.12. The number of imidazole rings is 1. The Kier molecular flexibility index (Phi) is 3.35. The lowest BCUT2D eigenvalue weighted by Gasteiger charge is -2.33. The third-order valence-electron chi connectivity index (χ3n) is 3.38. The predicted octanol–water partition coefficient (Wildman–Crippen LogP) is -0.606. The first kappa shape index (κ1) is 13.3. The summed E-state index contributed by atoms with van der Waals surface area (Å²) in [5, 5.41) is 9.78. The number of β-amino-alcohol motifs (C(OH)–C–C–N with tert-alkyl or cyclic N) is 1. The largest absolute Gasteiger partial charge is 0.391 e. The highest BCUT2D eigenvalue weighted by atomic mass is 32.2. The van der Waals surface area contributed by atoms with Crippen LogP contribution in [0.3, 0.4) is 0 Å². The molecule has 0 spiro atoms. The fourth-order valence-electron chi connectivity index (χ4n) is 2.11. The summed E-state index contributed by atoms with van der Waals surface area (Å²) in [6.45, 7) is 2.41. The number of aliphatic hydroxyl groups excluding tert-OH is 1. The number of aliphatic hydroxyl groups is 1. The topological polar surface area (TPSA) is 101 Å². The number of anilines is 1. The molecule has 7 nitrogen and oxygen atoms in total. The standard InChI is InChI=1S/C10H18N4O3S/c1-7-3-4-14(5-8(7)15)18(16,17)10-9(11)12-6-13(10)2/h6-8,15H,3-5,11H2,1-2H3. The molecule has 1 saturated heterocycles. The minimum absolute atomic E-state index is 0.00869. The van der Waals surface area contributed by atoms with E-state index in [1.54, 1.807) is 7.05 Å². The summed E-state index contributed by atoms with van der Waals surface area (Å²) in [7, 11) is -2.11. The maximum atomic E-state index is 12.4. The van der Waals surface area contributed by atoms with Crippen LogP contribution in [0.4, 0.5) is 5.82 Å². The number of hydrogen-bond acceptors (Lipinski definition) is 5. The van der Waals surface area contributed by atoms with E-state index < -0.39 is 16.1 Å². The van der Waals surface area contributed by atoms with Crippen LogP contribution in [-0.2, 0) is 17.1 Å². The Morgan fingerprint density at radius 1 is 1.56 bits per heavy atom. The van der Waals surface area contributed by atoms with Gasteiger partial charge in [-0.15, -0.1) is 0 Å². The number of hydrogen-bond donors (Lipinski definition) is 2. The second-order valence-corrected chi connectivity index (χ2v) is 6.60. The molecule has 1 aromatic heterocycles. The summed E-state index contributed by atoms with van der Waals surface area (Å²) >= 11 is 0. The second kappa shape index (κ2) is 4.52. The molecule has 0 amide bonds. The van der Waals surface area contributed by atoms with E-state index in [0.717, 1.165) is 0 Å². The molecule has 2 atom stereocenters. The molecule has 1 fully saturated rings. The quantitative estimate of drug-likeness (QED) is 0.749. The number of nitrogen functional groups attached to an aromatic ring is 1. The van der Waals surface area contributed by atoms with Crippen LogP contribution in [0.5, 0.6) is 0 Å². The van der Waals surface area contributed by atoms with Gasteiger partial charge in [0.25, 0.3) is 10.0 Å². The number of nitrogens with zero attached hydrogens (tertiary/aromatic N) is 3. The van der Waals surface area contributed by atoms with E-state index in [0.29, 0.717) is 13.0 Å². The molecule has 3 N–H and O–H groups in total. The van der Waals surface area contributed by atoms with Gasteiger partial charge in [0.1, 0.15) is 0 Å². The highest BCUT2D eigenvalue weighted by molar-refractivity contribution is 7.89. The summed E-state index contributed by atoms with van der Waals surface area (Å²) in [5.41, 5.74) is 5.60. The minimum Gasteiger partial charge on any atom is -0.391 e. The van der Waals surface area contributed by atoms with Crippen LogP contribution >= 0.6 is 0 Å². The van der Waals surface area contributed by atoms with Crippen LogP contribution < -0.4 is 5.73 Å². The molecule has 8 heteroatoms. The number of aryl methyl sites for hydroxylation is 1. The molecular weight excluding hydrogens is 256 g/mol. The summed E-state index contributed by atoms with van der Waals surface area (Å²) in [6.07, 6.45) is 1.37. The van der Waals surface area contributed by atoms with E-state index in [1.165, 1.54) is 15.2 Å². The molecular formula is C10H18N4O3S. The van der Waals surface area contributed by atoms with Crippen molar-refractivity contribution >= 4 is 15.8 Å². The molecule has 2 unspecified atom stereocenters. The summed E-state index contributed by atoms with van der Waals surface area (Å²) < 4.78 is 27.5. The van der Waals surface area contributed by atoms with Crippen LogP contribution in [0.2, 0.25) is 0 Å². The third kappa shape index (κ3) is 2.11. The van der Waals surface area contributed by atoms with Gasteiger partial charge in [0.05, 0.1) is 12.4 Å². The zero-order chi connectivity index (χ0) is 13.5. The lowest BCUT2D eigenvalue weighted by Crippen LogP contribution is -2.46. The molecule has 1 aliphatic heterocycles. The van der Waals surface area contributed by atoms with Crippen molar-refractivity contribution in [2.75, 3.05) is 18.8 Å². The van der Waals surface area contributed by atoms with Gasteiger partial charge in [-0.3, -0.25) is 0 Å². The maximum absolute atomic E-state index is 12.4. The number of nitrogens with two attached hydrogens (primary N) is 1. The highest BCUT2D eigenvalue weighted by Crippen LogP contribution is 2.25. The van der Waals surface area contributed by atoms with E-state index in [4.69, 9.17) is 5.73 Å². The molecule has 2 rings (SSSR count). The van der Waals surface area contributed by atoms with Gasteiger partial charge in [0, 0.05) is 20.1 Å². The Balaban J connectivity index is 2.33. The van der Waals surface area contributed by atoms with Gasteiger partial charge >= 0.3 is 0 Å². The van der Waals surface area contributed by atoms with Crippen molar-refractivity contribution in [3.8, 4) is 0 Å². The summed E-state index contributed by atoms with van der Waals surface area (Å²) in [5.74, 6) is 0.103. The normalized spacial score (nSPS) is 26.4. The van der Waals surface area contributed by atoms with Gasteiger partial charge in [0.2, 0.25) is 0 Å². The molecule has 18 heavy (non-hydrogen) atoms. The van der Waals surface area contributed by atoms with Gasteiger partial charge in [-0.1, -0.05) is 6.92 Å². The molecule has 0 saturated carbocycles. The molecule has 2 heterocycles. The first-order valence-electron chi connectivity index (χ1n) is 5.79. The van der Waals surface area contributed by atoms with Gasteiger partial charge in [-0.2, -0.15) is 4.31 Å². The van der Waals surface area contributed by atoms with E-state index in [2.05, 4.69) is 4.98 Å². The Labute approximate surface area is 106 Å². The lowest BCUT2D eigenvalue weighted by atomic mass is 9.98. The predicted molar refractivity (Wildman–Crippen MR) is 66.2 cm³/mol. The van der Waals surface area contributed by atoms with Gasteiger partial charge in [-0.25, -0.2) is 13.4 Å². The zero-order valence-electron chi connectivity index (χ0n) is 10.4. The number of aromatic nitrogens is 2. The van der Waals surface area contributed by atoms with Crippen molar-refractivity contribution in [2.24, 2.45) is 13.0 Å². The lowest BCUT2D eigenvalue weighted by molar-refractivity contribution is 0.0604. The first-order valence-corrected chi connectivity index (χ1v) is 7.23. The monoisotopic (exact) mass is 274 g/mol. The molecule has 1 aromatic rings. The average Bonchev–Trinajstić information content (AvgIpc) is 2.62. The highest BCUT2D eigenvalue weighted by Gasteiger charge is 2.35. The molecule has 0 aliphatic carbocycles. The maximum Gasteiger partial charge on any atom is 0.262 e. The van der Waals surface area contributed by atoms with E-state index in [-0.39, 0.29) is 23.3 Å². The van der Waals surface area contributed by atoms with Gasteiger partial charge in [0.15, 0.2) is 10.8 Å². The van der Waals surface area contributed by atoms with Crippen LogP contribution in [0, 0.1) is 5.92 Å². The van der Waals surface area contributed by atoms with Crippen molar-refractivity contribution in [1.29, 1.82) is 0 Å². The Bertz CT molecular complexity index is 520. The van der Waals surface area contributed by atoms with Crippen molar-refractivity contribution in [2.45, 2.75) is 24.5 Å². The molecule has 0 aromatic carbocycles. The van der Waals surface area contributed by atoms with Gasteiger partial charge < -0.3 is 15.4 Å². The molecule has 102 valence electrons. The van der Waals surface area contributed by atoms with Crippen molar-refractivity contribution in [3.05, 3.63) is 6.33 Å². The van der Waals surface area contributed by atoms with Crippen molar-refractivity contribution in [3.63, 3.8) is 0 Å². The smallest absolute Gasteiger partial charge is 0.262 e. The number of sulfonamides is 1. The van der Waals surface area contributed by atoms with Crippen LogP contribution in [0.25, 0.3) is 0 Å². The van der Waals surface area contributed by atoms with Crippen LogP contribution in [0.1, 0.15) is 13.3 Å². The fraction of sp³-hybridized carbons (Fsp3) is 0.700. The summed E-state index contributed by atoms with van der Waals surface area (Å²) in [6, 6.07) is 0. The fourth-order valence-corrected chi connectivity index (χ4v) is 3.78. The van der Waals surface area contributed by atoms with Crippen molar-refractivity contribution < 1.29 is 13.5 Å². The average molecular weight is 274 g/mol. The van der Waals surface area contributed by atoms with E-state index in [9.17, 15) is 13.5 Å². The van der Waals surface area contributed by atoms with E-state index in [1.807, 2.05) is 6.92 Å². The van der Waals surface area contributed by atoms with Crippen LogP contribution in [-0.4, -0.2) is 46.6 Å². The van der Waals surface area contributed by atoms with E-state index >= 15 is 0 Å². The Morgan fingerprint density at radius 3 is 2.72 bits per heavy atom.